The summed E-state index contributed by atoms with van der Waals surface area (Å²) < 4.78 is 40.4. The van der Waals surface area contributed by atoms with E-state index in [2.05, 4.69) is 5.32 Å². The molecule has 0 aliphatic carbocycles. The molecule has 21 heavy (non-hydrogen) atoms. The summed E-state index contributed by atoms with van der Waals surface area (Å²) in [5.74, 6) is -2.92. The van der Waals surface area contributed by atoms with Gasteiger partial charge in [0.05, 0.1) is 0 Å². The average Bonchev–Trinajstić information content (AvgIpc) is 2.42. The predicted octanol–water partition coefficient (Wildman–Crippen LogP) is 4.31. The van der Waals surface area contributed by atoms with Gasteiger partial charge in [0.25, 0.3) is 0 Å². The number of nitrogens with one attached hydrogen (secondary N) is 1. The zero-order valence-electron chi connectivity index (χ0n) is 12.1. The van der Waals surface area contributed by atoms with Gasteiger partial charge in [0.1, 0.15) is 5.82 Å². The second-order valence-corrected chi connectivity index (χ2v) is 5.09. The second-order valence-electron chi connectivity index (χ2n) is 5.09. The minimum absolute atomic E-state index is 0.150. The van der Waals surface area contributed by atoms with Crippen molar-refractivity contribution in [3.05, 3.63) is 70.5 Å². The van der Waals surface area contributed by atoms with E-state index < -0.39 is 23.5 Å². The first kappa shape index (κ1) is 15.6. The molecule has 0 fully saturated rings. The van der Waals surface area contributed by atoms with Crippen LogP contribution < -0.4 is 5.32 Å². The van der Waals surface area contributed by atoms with Gasteiger partial charge >= 0.3 is 0 Å². The minimum atomic E-state index is -1.16. The Labute approximate surface area is 122 Å². The largest absolute Gasteiger partial charge is 0.310 e. The summed E-state index contributed by atoms with van der Waals surface area (Å²) in [6.07, 6.45) is 0.511. The fourth-order valence-corrected chi connectivity index (χ4v) is 2.42. The van der Waals surface area contributed by atoms with Crippen LogP contribution in [-0.4, -0.2) is 6.54 Å². The molecule has 2 rings (SSSR count). The molecule has 1 atom stereocenters. The first-order valence-electron chi connectivity index (χ1n) is 6.94. The van der Waals surface area contributed by atoms with E-state index in [0.717, 1.165) is 17.2 Å². The Morgan fingerprint density at radius 1 is 1.00 bits per heavy atom. The standard InChI is InChI=1S/C17H18F3N/c1-3-21-17(8-12-6-4-5-11(2)7-12)13-9-15(19)16(20)10-14(13)18/h4-7,9-10,17,21H,3,8H2,1-2H3. The molecule has 0 saturated heterocycles. The Kier molecular flexibility index (Phi) is 5.02. The van der Waals surface area contributed by atoms with Gasteiger partial charge < -0.3 is 5.32 Å². The van der Waals surface area contributed by atoms with Crippen molar-refractivity contribution in [3.63, 3.8) is 0 Å². The lowest BCUT2D eigenvalue weighted by Gasteiger charge is -2.19. The molecule has 0 bridgehead atoms. The lowest BCUT2D eigenvalue weighted by atomic mass is 9.97. The third kappa shape index (κ3) is 3.85. The highest BCUT2D eigenvalue weighted by molar-refractivity contribution is 5.28. The Hall–Kier alpha value is -1.81. The molecule has 2 aromatic carbocycles. The maximum absolute atomic E-state index is 13.9. The highest BCUT2D eigenvalue weighted by Crippen LogP contribution is 2.24. The molecule has 0 aliphatic rings. The lowest BCUT2D eigenvalue weighted by molar-refractivity contribution is 0.467. The number of likely N-dealkylation sites (N-methyl/N-ethyl adjacent to an activating group) is 1. The summed E-state index contributed by atoms with van der Waals surface area (Å²) in [6, 6.07) is 8.99. The number of rotatable bonds is 5. The summed E-state index contributed by atoms with van der Waals surface area (Å²) in [4.78, 5) is 0. The number of halogens is 3. The van der Waals surface area contributed by atoms with E-state index in [4.69, 9.17) is 0 Å². The van der Waals surface area contributed by atoms with Crippen LogP contribution >= 0.6 is 0 Å². The molecular formula is C17H18F3N. The maximum atomic E-state index is 13.9. The summed E-state index contributed by atoms with van der Waals surface area (Å²) >= 11 is 0. The average molecular weight is 293 g/mol. The van der Waals surface area contributed by atoms with Gasteiger partial charge in [-0.3, -0.25) is 0 Å². The van der Waals surface area contributed by atoms with E-state index >= 15 is 0 Å². The molecule has 0 spiro atoms. The topological polar surface area (TPSA) is 12.0 Å². The summed E-state index contributed by atoms with van der Waals surface area (Å²) in [6.45, 7) is 4.47. The van der Waals surface area contributed by atoms with E-state index in [9.17, 15) is 13.2 Å². The molecule has 4 heteroatoms. The highest BCUT2D eigenvalue weighted by atomic mass is 19.2. The van der Waals surface area contributed by atoms with E-state index in [0.29, 0.717) is 19.0 Å². The van der Waals surface area contributed by atoms with Crippen molar-refractivity contribution in [2.75, 3.05) is 6.54 Å². The molecule has 112 valence electrons. The fraction of sp³-hybridized carbons (Fsp3) is 0.294. The van der Waals surface area contributed by atoms with Gasteiger partial charge in [-0.05, 0) is 31.5 Å². The quantitative estimate of drug-likeness (QED) is 0.810. The van der Waals surface area contributed by atoms with Crippen molar-refractivity contribution in [3.8, 4) is 0 Å². The van der Waals surface area contributed by atoms with Crippen molar-refractivity contribution in [1.29, 1.82) is 0 Å². The third-order valence-corrected chi connectivity index (χ3v) is 3.39. The van der Waals surface area contributed by atoms with Crippen LogP contribution in [0.4, 0.5) is 13.2 Å². The zero-order valence-corrected chi connectivity index (χ0v) is 12.1. The van der Waals surface area contributed by atoms with Crippen LogP contribution in [0.1, 0.15) is 29.7 Å². The lowest BCUT2D eigenvalue weighted by Crippen LogP contribution is -2.24. The van der Waals surface area contributed by atoms with Crippen LogP contribution in [0.5, 0.6) is 0 Å². The zero-order chi connectivity index (χ0) is 15.4. The number of aryl methyl sites for hydroxylation is 1. The van der Waals surface area contributed by atoms with Gasteiger partial charge in [-0.1, -0.05) is 36.8 Å². The molecular weight excluding hydrogens is 275 g/mol. The number of benzene rings is 2. The Balaban J connectivity index is 2.33. The molecule has 0 heterocycles. The SMILES string of the molecule is CCNC(Cc1cccc(C)c1)c1cc(F)c(F)cc1F. The first-order chi connectivity index (χ1) is 10.0. The fourth-order valence-electron chi connectivity index (χ4n) is 2.42. The van der Waals surface area contributed by atoms with Crippen LogP contribution in [-0.2, 0) is 6.42 Å². The predicted molar refractivity (Wildman–Crippen MR) is 77.6 cm³/mol. The molecule has 0 aromatic heterocycles. The van der Waals surface area contributed by atoms with Gasteiger partial charge in [-0.25, -0.2) is 13.2 Å². The van der Waals surface area contributed by atoms with E-state index in [1.165, 1.54) is 0 Å². The summed E-state index contributed by atoms with van der Waals surface area (Å²) in [7, 11) is 0. The van der Waals surface area contributed by atoms with Gasteiger partial charge in [0.15, 0.2) is 11.6 Å². The van der Waals surface area contributed by atoms with Gasteiger partial charge in [0, 0.05) is 17.7 Å². The maximum Gasteiger partial charge on any atom is 0.161 e. The van der Waals surface area contributed by atoms with Crippen molar-refractivity contribution >= 4 is 0 Å². The molecule has 0 amide bonds. The van der Waals surface area contributed by atoms with Crippen LogP contribution in [0, 0.1) is 24.4 Å². The molecule has 0 radical (unpaired) electrons. The Morgan fingerprint density at radius 3 is 2.38 bits per heavy atom. The van der Waals surface area contributed by atoms with Crippen molar-refractivity contribution in [1.82, 2.24) is 5.32 Å². The van der Waals surface area contributed by atoms with Crippen LogP contribution in [0.25, 0.3) is 0 Å². The molecule has 1 nitrogen and oxygen atoms in total. The van der Waals surface area contributed by atoms with Gasteiger partial charge in [-0.2, -0.15) is 0 Å². The monoisotopic (exact) mass is 293 g/mol. The molecule has 2 aromatic rings. The van der Waals surface area contributed by atoms with Crippen LogP contribution in [0.2, 0.25) is 0 Å². The summed E-state index contributed by atoms with van der Waals surface area (Å²) in [5.41, 5.74) is 2.27. The first-order valence-corrected chi connectivity index (χ1v) is 6.94. The van der Waals surface area contributed by atoms with Crippen LogP contribution in [0.15, 0.2) is 36.4 Å². The molecule has 0 saturated carbocycles. The van der Waals surface area contributed by atoms with Gasteiger partial charge in [-0.15, -0.1) is 0 Å². The van der Waals surface area contributed by atoms with Crippen molar-refractivity contribution < 1.29 is 13.2 Å². The van der Waals surface area contributed by atoms with Crippen molar-refractivity contribution in [2.24, 2.45) is 0 Å². The third-order valence-electron chi connectivity index (χ3n) is 3.39. The van der Waals surface area contributed by atoms with Crippen LogP contribution in [0.3, 0.4) is 0 Å². The Morgan fingerprint density at radius 2 is 1.71 bits per heavy atom. The normalized spacial score (nSPS) is 12.4. The number of hydrogen-bond donors (Lipinski definition) is 1. The molecule has 0 aliphatic heterocycles. The molecule has 1 N–H and O–H groups in total. The second kappa shape index (κ2) is 6.76. The number of hydrogen-bond acceptors (Lipinski definition) is 1. The van der Waals surface area contributed by atoms with Gasteiger partial charge in [0.2, 0.25) is 0 Å². The van der Waals surface area contributed by atoms with E-state index in [-0.39, 0.29) is 5.56 Å². The smallest absolute Gasteiger partial charge is 0.161 e. The Bertz CT molecular complexity index is 625. The van der Waals surface area contributed by atoms with Crippen molar-refractivity contribution in [2.45, 2.75) is 26.3 Å². The minimum Gasteiger partial charge on any atom is -0.310 e. The summed E-state index contributed by atoms with van der Waals surface area (Å²) in [5, 5.41) is 3.13. The molecule has 1 unspecified atom stereocenters. The van der Waals surface area contributed by atoms with E-state index in [1.54, 1.807) is 0 Å². The van der Waals surface area contributed by atoms with E-state index in [1.807, 2.05) is 38.1 Å². The highest BCUT2D eigenvalue weighted by Gasteiger charge is 2.18.